The molecule has 0 spiro atoms. The van der Waals surface area contributed by atoms with Gasteiger partial charge in [0.05, 0.1) is 4.92 Å². The van der Waals surface area contributed by atoms with Gasteiger partial charge in [-0.3, -0.25) is 14.9 Å². The van der Waals surface area contributed by atoms with Crippen molar-refractivity contribution in [2.75, 3.05) is 5.32 Å². The number of hydrogen-bond donors (Lipinski definition) is 1. The Morgan fingerprint density at radius 3 is 2.47 bits per heavy atom. The molecular weight excluding hydrogens is 380 g/mol. The minimum absolute atomic E-state index is 0.0920. The summed E-state index contributed by atoms with van der Waals surface area (Å²) in [5, 5.41) is 22.9. The molecule has 0 aliphatic heterocycles. The Bertz CT molecular complexity index is 1200. The van der Waals surface area contributed by atoms with Crippen LogP contribution in [0.1, 0.15) is 22.5 Å². The third-order valence-corrected chi connectivity index (χ3v) is 4.74. The monoisotopic (exact) mass is 400 g/mol. The number of nitro benzene ring substituents is 1. The zero-order valence-electron chi connectivity index (χ0n) is 16.8. The van der Waals surface area contributed by atoms with Gasteiger partial charge in [-0.15, -0.1) is 0 Å². The summed E-state index contributed by atoms with van der Waals surface area (Å²) in [4.78, 5) is 22.9. The number of nitriles is 1. The Balaban J connectivity index is 1.91. The maximum Gasteiger partial charge on any atom is 0.271 e. The van der Waals surface area contributed by atoms with Crippen LogP contribution in [-0.2, 0) is 4.79 Å². The number of aryl methyl sites for hydroxylation is 2. The molecule has 0 bridgehead atoms. The van der Waals surface area contributed by atoms with Gasteiger partial charge in [-0.25, -0.2) is 0 Å². The largest absolute Gasteiger partial charge is 0.321 e. The van der Waals surface area contributed by atoms with Crippen LogP contribution in [0.3, 0.4) is 0 Å². The zero-order valence-corrected chi connectivity index (χ0v) is 16.8. The van der Waals surface area contributed by atoms with E-state index in [1.165, 1.54) is 30.3 Å². The first-order chi connectivity index (χ1) is 14.3. The van der Waals surface area contributed by atoms with Crippen molar-refractivity contribution in [1.29, 1.82) is 5.26 Å². The maximum absolute atomic E-state index is 12.6. The smallest absolute Gasteiger partial charge is 0.271 e. The first-order valence-corrected chi connectivity index (χ1v) is 9.23. The molecule has 3 aromatic rings. The summed E-state index contributed by atoms with van der Waals surface area (Å²) in [6.45, 7) is 5.90. The summed E-state index contributed by atoms with van der Waals surface area (Å²) in [6.07, 6.45) is 1.53. The zero-order chi connectivity index (χ0) is 21.8. The molecule has 7 nitrogen and oxygen atoms in total. The van der Waals surface area contributed by atoms with Gasteiger partial charge in [0.25, 0.3) is 11.6 Å². The van der Waals surface area contributed by atoms with Gasteiger partial charge in [0.15, 0.2) is 0 Å². The Labute approximate surface area is 174 Å². The van der Waals surface area contributed by atoms with Crippen LogP contribution in [0, 0.1) is 42.2 Å². The number of rotatable bonds is 5. The van der Waals surface area contributed by atoms with Crippen molar-refractivity contribution < 1.29 is 9.72 Å². The van der Waals surface area contributed by atoms with Crippen molar-refractivity contribution in [2.24, 2.45) is 0 Å². The predicted molar refractivity (Wildman–Crippen MR) is 115 cm³/mol. The molecule has 2 aromatic carbocycles. The SMILES string of the molecule is Cc1ccc(-n2c(C)cc(/C=C(\C#N)C(=O)Nc3cccc([N+](=O)[O-])c3)c2C)cc1. The number of benzene rings is 2. The van der Waals surface area contributed by atoms with Gasteiger partial charge in [-0.1, -0.05) is 23.8 Å². The number of amides is 1. The molecule has 1 N–H and O–H groups in total. The van der Waals surface area contributed by atoms with E-state index in [1.807, 2.05) is 57.2 Å². The van der Waals surface area contributed by atoms with E-state index in [9.17, 15) is 20.2 Å². The third-order valence-electron chi connectivity index (χ3n) is 4.74. The number of nitrogens with zero attached hydrogens (tertiary/aromatic N) is 3. The van der Waals surface area contributed by atoms with Gasteiger partial charge in [-0.05, 0) is 56.7 Å². The average molecular weight is 400 g/mol. The number of non-ortho nitro benzene ring substituents is 1. The van der Waals surface area contributed by atoms with Crippen LogP contribution in [0.2, 0.25) is 0 Å². The second kappa shape index (κ2) is 8.45. The summed E-state index contributed by atoms with van der Waals surface area (Å²) < 4.78 is 2.05. The molecule has 150 valence electrons. The molecule has 1 aromatic heterocycles. The Kier molecular flexibility index (Phi) is 5.79. The molecule has 30 heavy (non-hydrogen) atoms. The van der Waals surface area contributed by atoms with Crippen molar-refractivity contribution in [2.45, 2.75) is 20.8 Å². The predicted octanol–water partition coefficient (Wildman–Crippen LogP) is 4.86. The van der Waals surface area contributed by atoms with Gasteiger partial charge >= 0.3 is 0 Å². The molecule has 0 atom stereocenters. The molecule has 1 amide bonds. The molecule has 0 unspecified atom stereocenters. The van der Waals surface area contributed by atoms with E-state index in [4.69, 9.17) is 0 Å². The normalized spacial score (nSPS) is 11.1. The lowest BCUT2D eigenvalue weighted by Crippen LogP contribution is -2.13. The summed E-state index contributed by atoms with van der Waals surface area (Å²) in [5.41, 5.74) is 4.79. The second-order valence-corrected chi connectivity index (χ2v) is 6.93. The highest BCUT2D eigenvalue weighted by atomic mass is 16.6. The molecule has 1 heterocycles. The summed E-state index contributed by atoms with van der Waals surface area (Å²) in [7, 11) is 0. The van der Waals surface area contributed by atoms with Crippen molar-refractivity contribution in [3.63, 3.8) is 0 Å². The van der Waals surface area contributed by atoms with E-state index in [0.717, 1.165) is 28.2 Å². The van der Waals surface area contributed by atoms with Crippen LogP contribution in [0.15, 0.2) is 60.2 Å². The highest BCUT2D eigenvalue weighted by Gasteiger charge is 2.15. The van der Waals surface area contributed by atoms with Crippen LogP contribution in [0.25, 0.3) is 11.8 Å². The minimum Gasteiger partial charge on any atom is -0.321 e. The van der Waals surface area contributed by atoms with E-state index < -0.39 is 10.8 Å². The van der Waals surface area contributed by atoms with Crippen molar-refractivity contribution in [3.05, 3.63) is 92.8 Å². The molecule has 3 rings (SSSR count). The molecule has 0 saturated heterocycles. The average Bonchev–Trinajstić information content (AvgIpc) is 3.00. The fourth-order valence-corrected chi connectivity index (χ4v) is 3.22. The van der Waals surface area contributed by atoms with Gasteiger partial charge in [-0.2, -0.15) is 5.26 Å². The maximum atomic E-state index is 12.6. The quantitative estimate of drug-likeness (QED) is 0.286. The van der Waals surface area contributed by atoms with Crippen molar-refractivity contribution in [1.82, 2.24) is 4.57 Å². The van der Waals surface area contributed by atoms with E-state index >= 15 is 0 Å². The molecule has 0 saturated carbocycles. The van der Waals surface area contributed by atoms with E-state index in [-0.39, 0.29) is 16.9 Å². The van der Waals surface area contributed by atoms with Crippen molar-refractivity contribution >= 4 is 23.4 Å². The second-order valence-electron chi connectivity index (χ2n) is 6.93. The highest BCUT2D eigenvalue weighted by molar-refractivity contribution is 6.09. The number of nitro groups is 1. The van der Waals surface area contributed by atoms with Crippen molar-refractivity contribution in [3.8, 4) is 11.8 Å². The number of anilines is 1. The lowest BCUT2D eigenvalue weighted by Gasteiger charge is -2.10. The fourth-order valence-electron chi connectivity index (χ4n) is 3.22. The first-order valence-electron chi connectivity index (χ1n) is 9.23. The van der Waals surface area contributed by atoms with Crippen LogP contribution in [0.5, 0.6) is 0 Å². The number of nitrogens with one attached hydrogen (secondary N) is 1. The Morgan fingerprint density at radius 2 is 1.83 bits per heavy atom. The van der Waals surface area contributed by atoms with Gasteiger partial charge in [0.2, 0.25) is 0 Å². The Hall–Kier alpha value is -4.18. The minimum atomic E-state index is -0.627. The lowest BCUT2D eigenvalue weighted by molar-refractivity contribution is -0.384. The summed E-state index contributed by atoms with van der Waals surface area (Å²) in [6, 6.07) is 17.5. The number of carbonyl (C=O) groups excluding carboxylic acids is 1. The van der Waals surface area contributed by atoms with Crippen LogP contribution >= 0.6 is 0 Å². The molecule has 0 aliphatic rings. The summed E-state index contributed by atoms with van der Waals surface area (Å²) in [5.74, 6) is -0.627. The van der Waals surface area contributed by atoms with Gasteiger partial charge < -0.3 is 9.88 Å². The van der Waals surface area contributed by atoms with Crippen LogP contribution < -0.4 is 5.32 Å². The number of aromatic nitrogens is 1. The Morgan fingerprint density at radius 1 is 1.13 bits per heavy atom. The number of hydrogen-bond acceptors (Lipinski definition) is 4. The molecule has 0 aliphatic carbocycles. The topological polar surface area (TPSA) is 101 Å². The number of carbonyl (C=O) groups is 1. The molecule has 0 fully saturated rings. The molecule has 7 heteroatoms. The standard InChI is InChI=1S/C23H20N4O3/c1-15-7-9-21(10-8-15)26-16(2)11-18(17(26)3)12-19(14-24)23(28)25-20-5-4-6-22(13-20)27(29)30/h4-13H,1-3H3,(H,25,28)/b19-12+. The molecular formula is C23H20N4O3. The van der Waals surface area contributed by atoms with E-state index in [1.54, 1.807) is 0 Å². The van der Waals surface area contributed by atoms with E-state index in [2.05, 4.69) is 9.88 Å². The fraction of sp³-hybridized carbons (Fsp3) is 0.130. The van der Waals surface area contributed by atoms with Crippen LogP contribution in [-0.4, -0.2) is 15.4 Å². The summed E-state index contributed by atoms with van der Waals surface area (Å²) >= 11 is 0. The van der Waals surface area contributed by atoms with E-state index in [0.29, 0.717) is 0 Å². The van der Waals surface area contributed by atoms with Crippen LogP contribution in [0.4, 0.5) is 11.4 Å². The van der Waals surface area contributed by atoms with Gasteiger partial charge in [0, 0.05) is 34.9 Å². The third kappa shape index (κ3) is 4.28. The lowest BCUT2D eigenvalue weighted by atomic mass is 10.1. The highest BCUT2D eigenvalue weighted by Crippen LogP contribution is 2.24. The molecule has 0 radical (unpaired) electrons. The van der Waals surface area contributed by atoms with Gasteiger partial charge in [0.1, 0.15) is 11.6 Å². The first kappa shape index (κ1) is 20.6.